The van der Waals surface area contributed by atoms with Gasteiger partial charge in [0.2, 0.25) is 0 Å². The number of unbranched alkanes of at least 4 members (excludes halogenated alkanes) is 9. The highest BCUT2D eigenvalue weighted by molar-refractivity contribution is 7.06. The van der Waals surface area contributed by atoms with Crippen LogP contribution >= 0.6 is 0 Å². The van der Waals surface area contributed by atoms with Gasteiger partial charge in [0, 0.05) is 0 Å². The maximum atomic E-state index is 15.5. The fraction of sp³-hybridized carbons (Fsp3) is 0.929. The number of aliphatic carboxylic acids is 3. The molecule has 0 saturated heterocycles. The zero-order valence-corrected chi connectivity index (χ0v) is 38.8. The molecule has 1 unspecified atom stereocenters. The molecule has 0 aliphatic heterocycles. The van der Waals surface area contributed by atoms with Crippen molar-refractivity contribution in [3.05, 3.63) is 0 Å². The van der Waals surface area contributed by atoms with Crippen LogP contribution < -0.4 is 0 Å². The highest BCUT2D eigenvalue weighted by Gasteiger charge is 2.79. The quantitative estimate of drug-likeness (QED) is 0.0541. The van der Waals surface area contributed by atoms with Crippen LogP contribution in [0.2, 0.25) is 59.1 Å². The minimum atomic E-state index is -3.23. The van der Waals surface area contributed by atoms with Crippen LogP contribution in [0.1, 0.15) is 184 Å². The standard InChI is InChI=1S/C42H86O7Si3/c1-10-19-28-50(29-20-11-2,30-21-12-3)42(40(47)48,51(31-22-13-4,32-23-14-5)33-24-15-6)41(39(45)46,37-38(43)44)49-52(34-25-16-7,35-26-17-8)36-27-18-9/h10-37H2,1-9H3,(H,43,44)(H,45,46)(H,47,48). The second-order valence-corrected chi connectivity index (χ2v) is 30.7. The maximum Gasteiger partial charge on any atom is 0.336 e. The zero-order valence-electron chi connectivity index (χ0n) is 35.8. The summed E-state index contributed by atoms with van der Waals surface area (Å²) in [6, 6.07) is 6.69. The Labute approximate surface area is 324 Å². The Morgan fingerprint density at radius 2 is 0.673 bits per heavy atom. The number of carbonyl (C=O) groups is 3. The molecule has 0 heterocycles. The molecule has 308 valence electrons. The summed E-state index contributed by atoms with van der Waals surface area (Å²) in [7, 11) is -9.45. The number of carboxylic acids is 3. The summed E-state index contributed by atoms with van der Waals surface area (Å²) < 4.78 is 6.09. The van der Waals surface area contributed by atoms with E-state index in [1.807, 2.05) is 0 Å². The normalized spacial score (nSPS) is 14.0. The van der Waals surface area contributed by atoms with Gasteiger partial charge in [0.1, 0.15) is 0 Å². The van der Waals surface area contributed by atoms with E-state index in [-0.39, 0.29) is 0 Å². The summed E-state index contributed by atoms with van der Waals surface area (Å²) in [5, 5.41) is 35.9. The highest BCUT2D eigenvalue weighted by Crippen LogP contribution is 2.67. The van der Waals surface area contributed by atoms with Gasteiger partial charge in [-0.1, -0.05) is 214 Å². The van der Waals surface area contributed by atoms with Crippen LogP contribution in [0.25, 0.3) is 0 Å². The average Bonchev–Trinajstić information content (AvgIpc) is 3.12. The van der Waals surface area contributed by atoms with Crippen LogP contribution in [-0.4, -0.2) is 63.3 Å². The Morgan fingerprint density at radius 1 is 0.423 bits per heavy atom. The molecule has 0 bridgehead atoms. The van der Waals surface area contributed by atoms with Crippen molar-refractivity contribution in [2.45, 2.75) is 249 Å². The molecule has 0 aliphatic rings. The van der Waals surface area contributed by atoms with Crippen LogP contribution in [-0.2, 0) is 18.8 Å². The van der Waals surface area contributed by atoms with E-state index >= 15 is 4.79 Å². The van der Waals surface area contributed by atoms with Crippen molar-refractivity contribution < 1.29 is 34.1 Å². The summed E-state index contributed by atoms with van der Waals surface area (Å²) >= 11 is 0. The van der Waals surface area contributed by atoms with Crippen LogP contribution in [0.15, 0.2) is 0 Å². The Balaban J connectivity index is 9.48. The van der Waals surface area contributed by atoms with Crippen molar-refractivity contribution in [1.29, 1.82) is 0 Å². The van der Waals surface area contributed by atoms with Crippen molar-refractivity contribution >= 4 is 42.4 Å². The van der Waals surface area contributed by atoms with Gasteiger partial charge < -0.3 is 19.7 Å². The predicted octanol–water partition coefficient (Wildman–Crippen LogP) is 13.7. The Hall–Kier alpha value is -0.979. The van der Waals surface area contributed by atoms with Crippen molar-refractivity contribution in [2.24, 2.45) is 0 Å². The number of rotatable bonds is 36. The molecule has 3 N–H and O–H groups in total. The van der Waals surface area contributed by atoms with Crippen LogP contribution in [0.3, 0.4) is 0 Å². The van der Waals surface area contributed by atoms with E-state index < -0.39 is 59.1 Å². The largest absolute Gasteiger partial charge is 0.481 e. The molecule has 10 heteroatoms. The number of hydrogen-bond donors (Lipinski definition) is 3. The minimum absolute atomic E-state index is 0.736. The Morgan fingerprint density at radius 3 is 0.865 bits per heavy atom. The zero-order chi connectivity index (χ0) is 39.7. The second kappa shape index (κ2) is 26.8. The number of hydrogen-bond acceptors (Lipinski definition) is 4. The molecule has 0 spiro atoms. The maximum absolute atomic E-state index is 15.5. The summed E-state index contributed by atoms with van der Waals surface area (Å²) in [6.07, 6.45) is 15.2. The smallest absolute Gasteiger partial charge is 0.336 e. The molecule has 0 aromatic heterocycles. The summed E-state index contributed by atoms with van der Waals surface area (Å²) in [6.45, 7) is 19.4. The van der Waals surface area contributed by atoms with E-state index in [0.717, 1.165) is 170 Å². The van der Waals surface area contributed by atoms with Crippen LogP contribution in [0, 0.1) is 0 Å². The molecule has 0 fully saturated rings. The molecular weight excluding hydrogens is 701 g/mol. The molecule has 0 amide bonds. The number of carboxylic acid groups (broad SMARTS) is 3. The lowest BCUT2D eigenvalue weighted by Crippen LogP contribution is -2.79. The molecule has 0 aliphatic carbocycles. The summed E-state index contributed by atoms with van der Waals surface area (Å²) in [5.41, 5.74) is -2.30. The van der Waals surface area contributed by atoms with E-state index in [9.17, 15) is 24.9 Å². The molecular formula is C42H86O7Si3. The van der Waals surface area contributed by atoms with Gasteiger partial charge in [-0.2, -0.15) is 0 Å². The first kappa shape index (κ1) is 51.0. The third kappa shape index (κ3) is 12.8. The molecule has 7 nitrogen and oxygen atoms in total. The fourth-order valence-electron chi connectivity index (χ4n) is 10.1. The van der Waals surface area contributed by atoms with Gasteiger partial charge >= 0.3 is 17.9 Å². The van der Waals surface area contributed by atoms with Gasteiger partial charge in [-0.15, -0.1) is 0 Å². The van der Waals surface area contributed by atoms with Gasteiger partial charge in [-0.25, -0.2) is 4.79 Å². The van der Waals surface area contributed by atoms with Crippen molar-refractivity contribution in [2.75, 3.05) is 0 Å². The topological polar surface area (TPSA) is 121 Å². The molecule has 0 saturated carbocycles. The Kier molecular flexibility index (Phi) is 26.3. The van der Waals surface area contributed by atoms with E-state index in [1.165, 1.54) is 0 Å². The van der Waals surface area contributed by atoms with Crippen LogP contribution in [0.4, 0.5) is 0 Å². The highest BCUT2D eigenvalue weighted by atomic mass is 28.4. The molecule has 52 heavy (non-hydrogen) atoms. The van der Waals surface area contributed by atoms with Gasteiger partial charge in [-0.05, 0) is 18.1 Å². The summed E-state index contributed by atoms with van der Waals surface area (Å²) in [4.78, 5) is 44.0. The first-order valence-electron chi connectivity index (χ1n) is 22.2. The van der Waals surface area contributed by atoms with Crippen LogP contribution in [0.5, 0.6) is 0 Å². The second-order valence-electron chi connectivity index (χ2n) is 16.5. The third-order valence-electron chi connectivity index (χ3n) is 12.7. The molecule has 0 aromatic carbocycles. The van der Waals surface area contributed by atoms with E-state index in [1.54, 1.807) is 0 Å². The monoisotopic (exact) mass is 787 g/mol. The van der Waals surface area contributed by atoms with Crippen molar-refractivity contribution in [3.8, 4) is 0 Å². The first-order chi connectivity index (χ1) is 24.8. The lowest BCUT2D eigenvalue weighted by Gasteiger charge is -2.64. The average molecular weight is 787 g/mol. The van der Waals surface area contributed by atoms with E-state index in [0.29, 0.717) is 0 Å². The summed E-state index contributed by atoms with van der Waals surface area (Å²) in [5.74, 6) is -3.52. The van der Waals surface area contributed by atoms with Gasteiger partial charge in [-0.3, -0.25) is 9.59 Å². The third-order valence-corrected chi connectivity index (χ3v) is 32.7. The minimum Gasteiger partial charge on any atom is -0.481 e. The van der Waals surface area contributed by atoms with Gasteiger partial charge in [0.05, 0.1) is 27.2 Å². The molecule has 0 rings (SSSR count). The lowest BCUT2D eigenvalue weighted by molar-refractivity contribution is -0.171. The van der Waals surface area contributed by atoms with E-state index in [2.05, 4.69) is 62.3 Å². The molecule has 1 atom stereocenters. The van der Waals surface area contributed by atoms with Gasteiger partial charge in [0.15, 0.2) is 13.9 Å². The van der Waals surface area contributed by atoms with E-state index in [4.69, 9.17) is 4.43 Å². The first-order valence-corrected chi connectivity index (χ1v) is 30.0. The SMILES string of the molecule is CCCC[Si](CCCC)(CCCC)OC(CC(=O)O)(C(=O)O)C(C(=O)O)([Si](CCCC)(CCCC)CCCC)[Si](CCCC)(CCCC)CCCC. The van der Waals surface area contributed by atoms with Crippen molar-refractivity contribution in [1.82, 2.24) is 0 Å². The Bertz CT molecular complexity index is 893. The molecule has 0 radical (unpaired) electrons. The van der Waals surface area contributed by atoms with Crippen molar-refractivity contribution in [3.63, 3.8) is 0 Å². The lowest BCUT2D eigenvalue weighted by atomic mass is 9.93. The molecule has 0 aromatic rings. The fourth-order valence-corrected chi connectivity index (χ4v) is 35.2. The van der Waals surface area contributed by atoms with Gasteiger partial charge in [0.25, 0.3) is 0 Å². The predicted molar refractivity (Wildman–Crippen MR) is 229 cm³/mol.